The van der Waals surface area contributed by atoms with Gasteiger partial charge in [-0.1, -0.05) is 12.1 Å². The summed E-state index contributed by atoms with van der Waals surface area (Å²) in [5.41, 5.74) is 0. The fraction of sp³-hybridized carbons (Fsp3) is 0.500. The number of nitrogens with one attached hydrogen (secondary N) is 1. The predicted molar refractivity (Wildman–Crippen MR) is 87.3 cm³/mol. The Morgan fingerprint density at radius 2 is 2.04 bits per heavy atom. The van der Waals surface area contributed by atoms with Crippen LogP contribution < -0.4 is 10.1 Å². The van der Waals surface area contributed by atoms with Gasteiger partial charge in [-0.05, 0) is 46.8 Å². The van der Waals surface area contributed by atoms with Crippen LogP contribution in [0.5, 0.6) is 5.75 Å². The van der Waals surface area contributed by atoms with Gasteiger partial charge in [-0.2, -0.15) is 0 Å². The molecule has 1 aliphatic rings. The summed E-state index contributed by atoms with van der Waals surface area (Å²) >= 11 is 3.33. The van der Waals surface area contributed by atoms with Crippen molar-refractivity contribution in [1.29, 1.82) is 0 Å². The van der Waals surface area contributed by atoms with Gasteiger partial charge in [-0.3, -0.25) is 9.59 Å². The van der Waals surface area contributed by atoms with Crippen molar-refractivity contribution in [3.8, 4) is 5.75 Å². The van der Waals surface area contributed by atoms with Gasteiger partial charge in [0.1, 0.15) is 5.75 Å². The lowest BCUT2D eigenvalue weighted by molar-refractivity contribution is -0.145. The Labute approximate surface area is 143 Å². The molecule has 23 heavy (non-hydrogen) atoms. The van der Waals surface area contributed by atoms with Gasteiger partial charge in [0, 0.05) is 19.8 Å². The number of ether oxygens (including phenoxy) is 2. The Morgan fingerprint density at radius 3 is 2.70 bits per heavy atom. The zero-order valence-electron chi connectivity index (χ0n) is 12.7. The maximum atomic E-state index is 11.9. The lowest BCUT2D eigenvalue weighted by Gasteiger charge is -2.27. The number of benzene rings is 1. The molecule has 0 spiro atoms. The number of hydrogen-bond acceptors (Lipinski definition) is 4. The molecule has 1 aromatic carbocycles. The molecule has 0 aromatic heterocycles. The number of carboxylic acids is 1. The minimum absolute atomic E-state index is 0.0331. The van der Waals surface area contributed by atoms with E-state index in [1.807, 2.05) is 18.2 Å². The van der Waals surface area contributed by atoms with E-state index in [-0.39, 0.29) is 25.0 Å². The first kappa shape index (κ1) is 17.7. The summed E-state index contributed by atoms with van der Waals surface area (Å²) in [5.74, 6) is -1.21. The standard InChI is InChI=1S/C16H20BrNO5/c17-13-3-1-2-4-14(13)23-10-15(19)18-9-12(16(20)21)11-5-7-22-8-6-11/h1-4,11-12H,5-10H2,(H,18,19)(H,20,21). The van der Waals surface area contributed by atoms with Crippen LogP contribution in [0, 0.1) is 11.8 Å². The highest BCUT2D eigenvalue weighted by molar-refractivity contribution is 9.10. The second-order valence-electron chi connectivity index (χ2n) is 5.42. The average molecular weight is 386 g/mol. The number of carbonyl (C=O) groups excluding carboxylic acids is 1. The van der Waals surface area contributed by atoms with Crippen LogP contribution >= 0.6 is 15.9 Å². The van der Waals surface area contributed by atoms with E-state index >= 15 is 0 Å². The maximum Gasteiger partial charge on any atom is 0.308 e. The van der Waals surface area contributed by atoms with Gasteiger partial charge in [0.15, 0.2) is 6.61 Å². The summed E-state index contributed by atoms with van der Waals surface area (Å²) in [6.45, 7) is 1.11. The van der Waals surface area contributed by atoms with Gasteiger partial charge >= 0.3 is 5.97 Å². The molecule has 0 saturated carbocycles. The second kappa shape index (κ2) is 8.88. The van der Waals surface area contributed by atoms with Crippen molar-refractivity contribution >= 4 is 27.8 Å². The van der Waals surface area contributed by atoms with Crippen molar-refractivity contribution in [1.82, 2.24) is 5.32 Å². The van der Waals surface area contributed by atoms with Gasteiger partial charge in [0.2, 0.25) is 0 Å². The summed E-state index contributed by atoms with van der Waals surface area (Å²) in [4.78, 5) is 23.3. The topological polar surface area (TPSA) is 84.9 Å². The van der Waals surface area contributed by atoms with Crippen molar-refractivity contribution in [3.63, 3.8) is 0 Å². The molecule has 2 N–H and O–H groups in total. The zero-order chi connectivity index (χ0) is 16.7. The van der Waals surface area contributed by atoms with Crippen LogP contribution in [0.2, 0.25) is 0 Å². The Kier molecular flexibility index (Phi) is 6.85. The normalized spacial score (nSPS) is 16.6. The monoisotopic (exact) mass is 385 g/mol. The number of halogens is 1. The number of hydrogen-bond donors (Lipinski definition) is 2. The fourth-order valence-corrected chi connectivity index (χ4v) is 2.95. The number of aliphatic carboxylic acids is 1. The molecule has 1 amide bonds. The first-order chi connectivity index (χ1) is 11.1. The van der Waals surface area contributed by atoms with Crippen LogP contribution in [0.15, 0.2) is 28.7 Å². The van der Waals surface area contributed by atoms with E-state index in [0.717, 1.165) is 4.47 Å². The number of para-hydroxylation sites is 1. The average Bonchev–Trinajstić information content (AvgIpc) is 2.55. The molecule has 1 unspecified atom stereocenters. The minimum atomic E-state index is -0.885. The highest BCUT2D eigenvalue weighted by atomic mass is 79.9. The highest BCUT2D eigenvalue weighted by Crippen LogP contribution is 2.24. The minimum Gasteiger partial charge on any atom is -0.483 e. The predicted octanol–water partition coefficient (Wildman–Crippen LogP) is 2.07. The molecule has 1 saturated heterocycles. The summed E-state index contributed by atoms with van der Waals surface area (Å²) in [6, 6.07) is 7.23. The Balaban J connectivity index is 1.79. The first-order valence-corrected chi connectivity index (χ1v) is 8.32. The molecule has 1 aromatic rings. The Bertz CT molecular complexity index is 545. The quantitative estimate of drug-likeness (QED) is 0.750. The van der Waals surface area contributed by atoms with Crippen LogP contribution in [0.25, 0.3) is 0 Å². The van der Waals surface area contributed by atoms with Gasteiger partial charge in [-0.25, -0.2) is 0 Å². The third-order valence-electron chi connectivity index (χ3n) is 3.87. The molecule has 0 bridgehead atoms. The lowest BCUT2D eigenvalue weighted by Crippen LogP contribution is -2.40. The summed E-state index contributed by atoms with van der Waals surface area (Å²) < 4.78 is 11.4. The molecule has 126 valence electrons. The highest BCUT2D eigenvalue weighted by Gasteiger charge is 2.30. The van der Waals surface area contributed by atoms with Crippen molar-refractivity contribution in [3.05, 3.63) is 28.7 Å². The SMILES string of the molecule is O=C(COc1ccccc1Br)NCC(C(=O)O)C1CCOCC1. The van der Waals surface area contributed by atoms with Gasteiger partial charge in [-0.15, -0.1) is 0 Å². The van der Waals surface area contributed by atoms with Gasteiger partial charge < -0.3 is 19.9 Å². The van der Waals surface area contributed by atoms with Crippen LogP contribution in [0.3, 0.4) is 0 Å². The lowest BCUT2D eigenvalue weighted by atomic mass is 9.86. The van der Waals surface area contributed by atoms with E-state index in [1.165, 1.54) is 0 Å². The molecule has 2 rings (SSSR count). The summed E-state index contributed by atoms with van der Waals surface area (Å²) in [6.07, 6.45) is 1.42. The largest absolute Gasteiger partial charge is 0.483 e. The van der Waals surface area contributed by atoms with E-state index in [2.05, 4.69) is 21.2 Å². The molecule has 0 aliphatic carbocycles. The number of carboxylic acid groups (broad SMARTS) is 1. The molecule has 1 heterocycles. The van der Waals surface area contributed by atoms with Crippen molar-refractivity contribution in [2.24, 2.45) is 11.8 Å². The van der Waals surface area contributed by atoms with Crippen LogP contribution in [-0.2, 0) is 14.3 Å². The van der Waals surface area contributed by atoms with Crippen molar-refractivity contribution < 1.29 is 24.2 Å². The van der Waals surface area contributed by atoms with Crippen LogP contribution in [0.1, 0.15) is 12.8 Å². The first-order valence-electron chi connectivity index (χ1n) is 7.52. The van der Waals surface area contributed by atoms with Crippen molar-refractivity contribution in [2.45, 2.75) is 12.8 Å². The molecule has 0 radical (unpaired) electrons. The van der Waals surface area contributed by atoms with Crippen molar-refractivity contribution in [2.75, 3.05) is 26.4 Å². The Hall–Kier alpha value is -1.60. The number of rotatable bonds is 7. The van der Waals surface area contributed by atoms with E-state index in [1.54, 1.807) is 6.07 Å². The van der Waals surface area contributed by atoms with Crippen LogP contribution in [0.4, 0.5) is 0 Å². The molecule has 1 atom stereocenters. The molecule has 6 nitrogen and oxygen atoms in total. The second-order valence-corrected chi connectivity index (χ2v) is 6.27. The molecular weight excluding hydrogens is 366 g/mol. The molecule has 1 aliphatic heterocycles. The molecular formula is C16H20BrNO5. The third-order valence-corrected chi connectivity index (χ3v) is 4.52. The van der Waals surface area contributed by atoms with E-state index in [9.17, 15) is 14.7 Å². The third kappa shape index (κ3) is 5.51. The summed E-state index contributed by atoms with van der Waals surface area (Å²) in [7, 11) is 0. The van der Waals surface area contributed by atoms with E-state index in [0.29, 0.717) is 31.8 Å². The summed E-state index contributed by atoms with van der Waals surface area (Å²) in [5, 5.41) is 12.0. The number of carbonyl (C=O) groups is 2. The maximum absolute atomic E-state index is 11.9. The smallest absolute Gasteiger partial charge is 0.308 e. The van der Waals surface area contributed by atoms with E-state index < -0.39 is 11.9 Å². The number of amides is 1. The molecule has 1 fully saturated rings. The van der Waals surface area contributed by atoms with Crippen LogP contribution in [-0.4, -0.2) is 43.3 Å². The molecule has 7 heteroatoms. The Morgan fingerprint density at radius 1 is 1.35 bits per heavy atom. The fourth-order valence-electron chi connectivity index (χ4n) is 2.55. The van der Waals surface area contributed by atoms with E-state index in [4.69, 9.17) is 9.47 Å². The van der Waals surface area contributed by atoms with Gasteiger partial charge in [0.05, 0.1) is 10.4 Å². The zero-order valence-corrected chi connectivity index (χ0v) is 14.3. The van der Waals surface area contributed by atoms with Gasteiger partial charge in [0.25, 0.3) is 5.91 Å².